The summed E-state index contributed by atoms with van der Waals surface area (Å²) >= 11 is 0. The summed E-state index contributed by atoms with van der Waals surface area (Å²) in [6.45, 7) is 3.10. The Morgan fingerprint density at radius 1 is 1.00 bits per heavy atom. The van der Waals surface area contributed by atoms with E-state index in [9.17, 15) is 0 Å². The van der Waals surface area contributed by atoms with Crippen LogP contribution >= 0.6 is 0 Å². The van der Waals surface area contributed by atoms with Crippen molar-refractivity contribution in [1.29, 1.82) is 0 Å². The lowest BCUT2D eigenvalue weighted by Gasteiger charge is -2.17. The fraction of sp³-hybridized carbons (Fsp3) is 0.273. The van der Waals surface area contributed by atoms with Gasteiger partial charge >= 0.3 is 0 Å². The molecule has 0 radical (unpaired) electrons. The van der Waals surface area contributed by atoms with Gasteiger partial charge in [0.25, 0.3) is 0 Å². The van der Waals surface area contributed by atoms with Crippen molar-refractivity contribution in [2.24, 2.45) is 0 Å². The lowest BCUT2D eigenvalue weighted by atomic mass is 10.0. The smallest absolute Gasteiger partial charge is 0.0315 e. The molecule has 3 aromatic rings. The molecule has 0 spiro atoms. The van der Waals surface area contributed by atoms with Gasteiger partial charge in [-0.05, 0) is 77.8 Å². The van der Waals surface area contributed by atoms with E-state index in [1.807, 2.05) is 24.8 Å². The number of nitrogens with zero attached hydrogens (tertiary/aromatic N) is 2. The van der Waals surface area contributed by atoms with Gasteiger partial charge in [0.2, 0.25) is 0 Å². The third-order valence-electron chi connectivity index (χ3n) is 5.11. The van der Waals surface area contributed by atoms with Crippen LogP contribution in [0.2, 0.25) is 0 Å². The summed E-state index contributed by atoms with van der Waals surface area (Å²) in [5.74, 6) is 0. The van der Waals surface area contributed by atoms with Crippen molar-refractivity contribution in [3.05, 3.63) is 83.4 Å². The van der Waals surface area contributed by atoms with Gasteiger partial charge in [-0.15, -0.1) is 0 Å². The highest BCUT2D eigenvalue weighted by atomic mass is 14.9. The van der Waals surface area contributed by atoms with Gasteiger partial charge in [-0.3, -0.25) is 9.97 Å². The number of fused-ring (bicyclic) bond motifs is 1. The van der Waals surface area contributed by atoms with Crippen LogP contribution in [-0.4, -0.2) is 9.97 Å². The van der Waals surface area contributed by atoms with E-state index in [0.717, 1.165) is 6.54 Å². The fourth-order valence-electron chi connectivity index (χ4n) is 3.64. The minimum atomic E-state index is 0.291. The molecule has 0 bridgehead atoms. The van der Waals surface area contributed by atoms with Crippen LogP contribution < -0.4 is 5.32 Å². The Kier molecular flexibility index (Phi) is 4.57. The monoisotopic (exact) mass is 329 g/mol. The van der Waals surface area contributed by atoms with E-state index >= 15 is 0 Å². The van der Waals surface area contributed by atoms with Crippen LogP contribution in [0.4, 0.5) is 0 Å². The molecule has 1 aliphatic rings. The van der Waals surface area contributed by atoms with Crippen molar-refractivity contribution in [1.82, 2.24) is 15.3 Å². The highest BCUT2D eigenvalue weighted by molar-refractivity contribution is 5.63. The maximum atomic E-state index is 4.41. The van der Waals surface area contributed by atoms with Crippen molar-refractivity contribution in [3.63, 3.8) is 0 Å². The first-order chi connectivity index (χ1) is 12.3. The van der Waals surface area contributed by atoms with Crippen LogP contribution in [0.25, 0.3) is 11.1 Å². The zero-order chi connectivity index (χ0) is 17.1. The topological polar surface area (TPSA) is 37.8 Å². The highest BCUT2D eigenvalue weighted by Crippen LogP contribution is 2.26. The lowest BCUT2D eigenvalue weighted by Crippen LogP contribution is -2.19. The second-order valence-corrected chi connectivity index (χ2v) is 6.75. The molecule has 0 fully saturated rings. The molecule has 4 rings (SSSR count). The molecule has 1 aliphatic carbocycles. The zero-order valence-corrected chi connectivity index (χ0v) is 14.6. The van der Waals surface area contributed by atoms with E-state index in [1.165, 1.54) is 52.6 Å². The molecule has 126 valence electrons. The van der Waals surface area contributed by atoms with E-state index < -0.39 is 0 Å². The van der Waals surface area contributed by atoms with E-state index in [0.29, 0.717) is 6.04 Å². The molecular weight excluding hydrogens is 306 g/mol. The largest absolute Gasteiger partial charge is 0.306 e. The number of hydrogen-bond acceptors (Lipinski definition) is 3. The van der Waals surface area contributed by atoms with Crippen molar-refractivity contribution in [2.45, 2.75) is 38.8 Å². The maximum Gasteiger partial charge on any atom is 0.0315 e. The molecule has 2 aromatic heterocycles. The van der Waals surface area contributed by atoms with Gasteiger partial charge in [0.1, 0.15) is 0 Å². The van der Waals surface area contributed by atoms with Crippen LogP contribution in [0.5, 0.6) is 0 Å². The van der Waals surface area contributed by atoms with Crippen LogP contribution in [-0.2, 0) is 19.4 Å². The Balaban J connectivity index is 1.49. The second-order valence-electron chi connectivity index (χ2n) is 6.75. The summed E-state index contributed by atoms with van der Waals surface area (Å²) < 4.78 is 0. The molecule has 1 unspecified atom stereocenters. The molecule has 1 N–H and O–H groups in total. The van der Waals surface area contributed by atoms with E-state index in [-0.39, 0.29) is 0 Å². The Morgan fingerprint density at radius 3 is 2.76 bits per heavy atom. The number of aromatic nitrogens is 2. The molecule has 0 aliphatic heterocycles. The third-order valence-corrected chi connectivity index (χ3v) is 5.11. The minimum absolute atomic E-state index is 0.291. The molecule has 3 nitrogen and oxygen atoms in total. The summed E-state index contributed by atoms with van der Waals surface area (Å²) in [5.41, 5.74) is 8.04. The molecule has 0 saturated heterocycles. The van der Waals surface area contributed by atoms with Crippen LogP contribution in [0.3, 0.4) is 0 Å². The number of rotatable bonds is 5. The molecule has 1 aromatic carbocycles. The molecule has 25 heavy (non-hydrogen) atoms. The predicted molar refractivity (Wildman–Crippen MR) is 101 cm³/mol. The zero-order valence-electron chi connectivity index (χ0n) is 14.6. The maximum absolute atomic E-state index is 4.41. The summed E-state index contributed by atoms with van der Waals surface area (Å²) in [6.07, 6.45) is 11.4. The van der Waals surface area contributed by atoms with Crippen molar-refractivity contribution in [2.75, 3.05) is 0 Å². The minimum Gasteiger partial charge on any atom is -0.306 e. The molecule has 1 atom stereocenters. The first-order valence-corrected chi connectivity index (χ1v) is 8.99. The van der Waals surface area contributed by atoms with Gasteiger partial charge < -0.3 is 5.32 Å². The summed E-state index contributed by atoms with van der Waals surface area (Å²) in [7, 11) is 0. The number of pyridine rings is 2. The number of nitrogens with one attached hydrogen (secondary N) is 1. The van der Waals surface area contributed by atoms with Gasteiger partial charge in [0, 0.05) is 37.4 Å². The second kappa shape index (κ2) is 7.16. The Labute approximate surface area is 149 Å². The van der Waals surface area contributed by atoms with Crippen molar-refractivity contribution in [3.8, 4) is 11.1 Å². The average Bonchev–Trinajstić information content (AvgIpc) is 3.16. The van der Waals surface area contributed by atoms with Gasteiger partial charge in [-0.2, -0.15) is 0 Å². The van der Waals surface area contributed by atoms with Crippen LogP contribution in [0.1, 0.15) is 41.6 Å². The Morgan fingerprint density at radius 2 is 1.88 bits per heavy atom. The molecule has 2 heterocycles. The Hall–Kier alpha value is -2.52. The number of aryl methyl sites for hydroxylation is 1. The molecule has 3 heteroatoms. The van der Waals surface area contributed by atoms with Crippen molar-refractivity contribution < 1.29 is 0 Å². The molecular formula is C22H23N3. The van der Waals surface area contributed by atoms with Crippen LogP contribution in [0, 0.1) is 0 Å². The predicted octanol–water partition coefficient (Wildman–Crippen LogP) is 4.48. The third kappa shape index (κ3) is 3.47. The first-order valence-electron chi connectivity index (χ1n) is 8.99. The van der Waals surface area contributed by atoms with E-state index in [4.69, 9.17) is 0 Å². The average molecular weight is 329 g/mol. The number of hydrogen-bond donors (Lipinski definition) is 1. The van der Waals surface area contributed by atoms with Gasteiger partial charge in [0.05, 0.1) is 0 Å². The summed E-state index contributed by atoms with van der Waals surface area (Å²) in [5, 5.41) is 3.67. The van der Waals surface area contributed by atoms with Gasteiger partial charge in [-0.1, -0.05) is 18.2 Å². The first kappa shape index (κ1) is 16.0. The van der Waals surface area contributed by atoms with Crippen LogP contribution in [0.15, 0.2) is 61.2 Å². The summed E-state index contributed by atoms with van der Waals surface area (Å²) in [4.78, 5) is 8.52. The van der Waals surface area contributed by atoms with Gasteiger partial charge in [0.15, 0.2) is 0 Å². The lowest BCUT2D eigenvalue weighted by molar-refractivity contribution is 0.572. The standard InChI is InChI=1S/C22H23N3/c1-16(25-15-21-14-24-13-20-6-3-7-22(20)21)18-4-2-5-19(12-18)17-8-10-23-11-9-17/h2,4-5,8-14,16,25H,3,6-7,15H2,1H3. The number of benzene rings is 1. The fourth-order valence-corrected chi connectivity index (χ4v) is 3.64. The highest BCUT2D eigenvalue weighted by Gasteiger charge is 2.15. The molecule has 0 saturated carbocycles. The quantitative estimate of drug-likeness (QED) is 0.750. The normalized spacial score (nSPS) is 14.3. The van der Waals surface area contributed by atoms with E-state index in [1.54, 1.807) is 0 Å². The Bertz CT molecular complexity index is 858. The van der Waals surface area contributed by atoms with Gasteiger partial charge in [-0.25, -0.2) is 0 Å². The van der Waals surface area contributed by atoms with Crippen molar-refractivity contribution >= 4 is 0 Å². The SMILES string of the molecule is CC(NCc1cncc2c1CCC2)c1cccc(-c2ccncc2)c1. The summed E-state index contributed by atoms with van der Waals surface area (Å²) in [6, 6.07) is 13.1. The van der Waals surface area contributed by atoms with E-state index in [2.05, 4.69) is 58.6 Å². The molecule has 0 amide bonds.